The van der Waals surface area contributed by atoms with E-state index in [1.807, 2.05) is 6.92 Å². The third kappa shape index (κ3) is 2.74. The second-order valence-corrected chi connectivity index (χ2v) is 5.96. The van der Waals surface area contributed by atoms with E-state index in [2.05, 4.69) is 15.1 Å². The number of aliphatic hydroxyl groups is 1. The zero-order valence-electron chi connectivity index (χ0n) is 14.1. The lowest BCUT2D eigenvalue weighted by atomic mass is 10.1. The van der Waals surface area contributed by atoms with Gasteiger partial charge in [-0.2, -0.15) is 9.78 Å². The van der Waals surface area contributed by atoms with Crippen molar-refractivity contribution in [1.82, 2.24) is 24.6 Å². The van der Waals surface area contributed by atoms with E-state index < -0.39 is 6.10 Å². The lowest BCUT2D eigenvalue weighted by Gasteiger charge is -2.10. The van der Waals surface area contributed by atoms with Crippen LogP contribution in [-0.4, -0.2) is 49.8 Å². The second kappa shape index (κ2) is 6.01. The number of hydrogen-bond donors (Lipinski definition) is 1. The molecule has 1 atom stereocenters. The first-order chi connectivity index (χ1) is 11.4. The Hall–Kier alpha value is -2.80. The molecule has 0 aliphatic heterocycles. The normalized spacial score (nSPS) is 12.4. The standard InChI is InChI=1S/C17H19N5O2/c1-10-8-18-17(19-9-10)22-14-7-12(16(24)21(3)4)5-6-13(14)15(20-22)11(2)23/h5-9,11,23H,1-4H3. The van der Waals surface area contributed by atoms with Gasteiger partial charge in [0, 0.05) is 37.4 Å². The number of hydrogen-bond acceptors (Lipinski definition) is 5. The van der Waals surface area contributed by atoms with Crippen molar-refractivity contribution in [3.63, 3.8) is 0 Å². The average molecular weight is 325 g/mol. The van der Waals surface area contributed by atoms with E-state index in [9.17, 15) is 9.90 Å². The molecule has 7 nitrogen and oxygen atoms in total. The smallest absolute Gasteiger partial charge is 0.253 e. The lowest BCUT2D eigenvalue weighted by Crippen LogP contribution is -2.21. The Kier molecular flexibility index (Phi) is 4.02. The zero-order valence-corrected chi connectivity index (χ0v) is 14.1. The predicted molar refractivity (Wildman–Crippen MR) is 90.0 cm³/mol. The molecule has 3 rings (SSSR count). The Morgan fingerprint density at radius 3 is 2.50 bits per heavy atom. The summed E-state index contributed by atoms with van der Waals surface area (Å²) in [6, 6.07) is 5.28. The summed E-state index contributed by atoms with van der Waals surface area (Å²) in [5, 5.41) is 15.2. The summed E-state index contributed by atoms with van der Waals surface area (Å²) in [5.41, 5.74) is 2.69. The average Bonchev–Trinajstić information content (AvgIpc) is 2.93. The molecule has 1 aromatic carbocycles. The SMILES string of the molecule is Cc1cnc(-n2nc(C(C)O)c3ccc(C(=O)N(C)C)cc32)nc1. The number of aromatic nitrogens is 4. The maximum absolute atomic E-state index is 12.2. The van der Waals surface area contributed by atoms with Crippen LogP contribution in [0.2, 0.25) is 0 Å². The van der Waals surface area contributed by atoms with Crippen LogP contribution in [0.5, 0.6) is 0 Å². The minimum Gasteiger partial charge on any atom is -0.387 e. The first kappa shape index (κ1) is 16.1. The number of amides is 1. The molecule has 1 amide bonds. The third-order valence-electron chi connectivity index (χ3n) is 3.72. The highest BCUT2D eigenvalue weighted by molar-refractivity contribution is 5.98. The molecule has 7 heteroatoms. The molecule has 0 saturated carbocycles. The molecule has 24 heavy (non-hydrogen) atoms. The molecule has 2 heterocycles. The molecule has 0 aliphatic carbocycles. The van der Waals surface area contributed by atoms with Crippen LogP contribution in [0.25, 0.3) is 16.9 Å². The topological polar surface area (TPSA) is 84.1 Å². The van der Waals surface area contributed by atoms with E-state index >= 15 is 0 Å². The fraction of sp³-hybridized carbons (Fsp3) is 0.294. The number of benzene rings is 1. The van der Waals surface area contributed by atoms with Crippen molar-refractivity contribution in [2.45, 2.75) is 20.0 Å². The number of aliphatic hydroxyl groups excluding tert-OH is 1. The number of aryl methyl sites for hydroxylation is 1. The quantitative estimate of drug-likeness (QED) is 0.795. The largest absolute Gasteiger partial charge is 0.387 e. The summed E-state index contributed by atoms with van der Waals surface area (Å²) in [6.45, 7) is 3.56. The molecule has 0 radical (unpaired) electrons. The van der Waals surface area contributed by atoms with Gasteiger partial charge >= 0.3 is 0 Å². The van der Waals surface area contributed by atoms with Crippen molar-refractivity contribution in [2.75, 3.05) is 14.1 Å². The van der Waals surface area contributed by atoms with Crippen LogP contribution in [-0.2, 0) is 0 Å². The van der Waals surface area contributed by atoms with Gasteiger partial charge in [0.05, 0.1) is 17.3 Å². The van der Waals surface area contributed by atoms with Gasteiger partial charge in [-0.05, 0) is 31.5 Å². The monoisotopic (exact) mass is 325 g/mol. The summed E-state index contributed by atoms with van der Waals surface area (Å²) in [5.74, 6) is 0.292. The van der Waals surface area contributed by atoms with Crippen LogP contribution in [0, 0.1) is 6.92 Å². The van der Waals surface area contributed by atoms with Crippen molar-refractivity contribution in [2.24, 2.45) is 0 Å². The molecule has 0 aliphatic rings. The minimum absolute atomic E-state index is 0.104. The maximum Gasteiger partial charge on any atom is 0.253 e. The molecule has 1 unspecified atom stereocenters. The van der Waals surface area contributed by atoms with E-state index in [-0.39, 0.29) is 5.91 Å². The molecule has 3 aromatic rings. The number of carbonyl (C=O) groups is 1. The van der Waals surface area contributed by atoms with Crippen LogP contribution in [0.3, 0.4) is 0 Å². The summed E-state index contributed by atoms with van der Waals surface area (Å²) in [6.07, 6.45) is 2.66. The number of fused-ring (bicyclic) bond motifs is 1. The van der Waals surface area contributed by atoms with Crippen molar-refractivity contribution >= 4 is 16.8 Å². The Labute approximate surface area is 139 Å². The molecule has 0 spiro atoms. The van der Waals surface area contributed by atoms with Crippen molar-refractivity contribution < 1.29 is 9.90 Å². The number of nitrogens with zero attached hydrogens (tertiary/aromatic N) is 5. The predicted octanol–water partition coefficient (Wildman–Crippen LogP) is 1.88. The molecule has 2 aromatic heterocycles. The van der Waals surface area contributed by atoms with Crippen LogP contribution in [0.1, 0.15) is 34.6 Å². The number of carbonyl (C=O) groups excluding carboxylic acids is 1. The van der Waals surface area contributed by atoms with Gasteiger partial charge in [-0.15, -0.1) is 0 Å². The van der Waals surface area contributed by atoms with Gasteiger partial charge < -0.3 is 10.0 Å². The Bertz CT molecular complexity index is 897. The minimum atomic E-state index is -0.741. The van der Waals surface area contributed by atoms with Gasteiger partial charge in [-0.1, -0.05) is 6.07 Å². The third-order valence-corrected chi connectivity index (χ3v) is 3.72. The second-order valence-electron chi connectivity index (χ2n) is 5.96. The van der Waals surface area contributed by atoms with Gasteiger partial charge in [-0.3, -0.25) is 4.79 Å². The fourth-order valence-corrected chi connectivity index (χ4v) is 2.49. The molecule has 0 saturated heterocycles. The van der Waals surface area contributed by atoms with Crippen molar-refractivity contribution in [3.8, 4) is 5.95 Å². The van der Waals surface area contributed by atoms with E-state index in [0.29, 0.717) is 22.7 Å². The first-order valence-electron chi connectivity index (χ1n) is 7.60. The molecule has 0 fully saturated rings. The van der Waals surface area contributed by atoms with Crippen LogP contribution >= 0.6 is 0 Å². The van der Waals surface area contributed by atoms with E-state index in [1.54, 1.807) is 56.3 Å². The summed E-state index contributed by atoms with van der Waals surface area (Å²) in [7, 11) is 3.41. The lowest BCUT2D eigenvalue weighted by molar-refractivity contribution is 0.0827. The van der Waals surface area contributed by atoms with Crippen molar-refractivity contribution in [3.05, 3.63) is 47.4 Å². The van der Waals surface area contributed by atoms with Gasteiger partial charge in [-0.25, -0.2) is 9.97 Å². The number of rotatable bonds is 3. The molecule has 1 N–H and O–H groups in total. The van der Waals surface area contributed by atoms with Gasteiger partial charge in [0.1, 0.15) is 0 Å². The Morgan fingerprint density at radius 1 is 1.25 bits per heavy atom. The molecular weight excluding hydrogens is 306 g/mol. The Balaban J connectivity index is 2.25. The van der Waals surface area contributed by atoms with Crippen LogP contribution in [0.4, 0.5) is 0 Å². The fourth-order valence-electron chi connectivity index (χ4n) is 2.49. The highest BCUT2D eigenvalue weighted by Gasteiger charge is 2.19. The van der Waals surface area contributed by atoms with E-state index in [0.717, 1.165) is 10.9 Å². The molecule has 124 valence electrons. The maximum atomic E-state index is 12.2. The van der Waals surface area contributed by atoms with Crippen LogP contribution < -0.4 is 0 Å². The van der Waals surface area contributed by atoms with E-state index in [4.69, 9.17) is 0 Å². The summed E-state index contributed by atoms with van der Waals surface area (Å²) < 4.78 is 1.56. The van der Waals surface area contributed by atoms with E-state index in [1.165, 1.54) is 4.90 Å². The van der Waals surface area contributed by atoms with Crippen molar-refractivity contribution in [1.29, 1.82) is 0 Å². The van der Waals surface area contributed by atoms with Gasteiger partial charge in [0.15, 0.2) is 0 Å². The first-order valence-corrected chi connectivity index (χ1v) is 7.60. The zero-order chi connectivity index (χ0) is 17.4. The van der Waals surface area contributed by atoms with Crippen LogP contribution in [0.15, 0.2) is 30.6 Å². The summed E-state index contributed by atoms with van der Waals surface area (Å²) >= 11 is 0. The highest BCUT2D eigenvalue weighted by Crippen LogP contribution is 2.26. The molecular formula is C17H19N5O2. The van der Waals surface area contributed by atoms with Gasteiger partial charge in [0.2, 0.25) is 0 Å². The highest BCUT2D eigenvalue weighted by atomic mass is 16.3. The van der Waals surface area contributed by atoms with Gasteiger partial charge in [0.25, 0.3) is 11.9 Å². The molecule has 0 bridgehead atoms. The Morgan fingerprint density at radius 2 is 1.92 bits per heavy atom. The summed E-state index contributed by atoms with van der Waals surface area (Å²) in [4.78, 5) is 22.3.